The van der Waals surface area contributed by atoms with Gasteiger partial charge in [-0.15, -0.1) is 0 Å². The van der Waals surface area contributed by atoms with Crippen molar-refractivity contribution < 1.29 is 18.7 Å². The average Bonchev–Trinajstić information content (AvgIpc) is 2.68. The maximum Gasteiger partial charge on any atom is 0.317 e. The summed E-state index contributed by atoms with van der Waals surface area (Å²) >= 11 is 0. The number of likely N-dealkylation sites (tertiary alicyclic amines) is 1. The third-order valence-electron chi connectivity index (χ3n) is 5.19. The third kappa shape index (κ3) is 6.36. The Hall–Kier alpha value is -1.86. The second kappa shape index (κ2) is 9.90. The van der Waals surface area contributed by atoms with Crippen molar-refractivity contribution in [1.82, 2.24) is 15.1 Å². The number of amides is 2. The van der Waals surface area contributed by atoms with E-state index in [1.165, 1.54) is 12.1 Å². The summed E-state index contributed by atoms with van der Waals surface area (Å²) in [4.78, 5) is 16.8. The number of halogens is 1. The molecule has 150 valence electrons. The Morgan fingerprint density at radius 3 is 2.74 bits per heavy atom. The summed E-state index contributed by atoms with van der Waals surface area (Å²) in [5.41, 5.74) is 0. The zero-order valence-corrected chi connectivity index (χ0v) is 16.0. The van der Waals surface area contributed by atoms with Gasteiger partial charge in [-0.2, -0.15) is 0 Å². The first kappa shape index (κ1) is 19.9. The van der Waals surface area contributed by atoms with E-state index in [2.05, 4.69) is 10.2 Å². The van der Waals surface area contributed by atoms with Crippen molar-refractivity contribution in [2.75, 3.05) is 52.5 Å². The van der Waals surface area contributed by atoms with Crippen LogP contribution in [0.3, 0.4) is 0 Å². The minimum atomic E-state index is -0.330. The van der Waals surface area contributed by atoms with E-state index in [0.29, 0.717) is 18.3 Å². The van der Waals surface area contributed by atoms with Crippen molar-refractivity contribution in [3.05, 3.63) is 30.1 Å². The van der Waals surface area contributed by atoms with Crippen LogP contribution in [0, 0.1) is 11.7 Å². The van der Waals surface area contributed by atoms with E-state index in [1.54, 1.807) is 12.1 Å². The predicted molar refractivity (Wildman–Crippen MR) is 101 cm³/mol. The third-order valence-corrected chi connectivity index (χ3v) is 5.19. The molecule has 0 saturated carbocycles. The number of morpholine rings is 1. The summed E-state index contributed by atoms with van der Waals surface area (Å²) in [7, 11) is 0. The number of carbonyl (C=O) groups excluding carboxylic acids is 1. The molecule has 2 fully saturated rings. The molecule has 1 N–H and O–H groups in total. The molecule has 2 aliphatic rings. The van der Waals surface area contributed by atoms with Crippen LogP contribution in [-0.4, -0.2) is 74.4 Å². The Balaban J connectivity index is 1.34. The fourth-order valence-electron chi connectivity index (χ4n) is 3.59. The van der Waals surface area contributed by atoms with Gasteiger partial charge in [0.25, 0.3) is 0 Å². The molecule has 7 heteroatoms. The molecule has 0 aromatic heterocycles. The van der Waals surface area contributed by atoms with Gasteiger partial charge in [0.1, 0.15) is 18.2 Å². The highest BCUT2D eigenvalue weighted by molar-refractivity contribution is 5.74. The van der Waals surface area contributed by atoms with Crippen molar-refractivity contribution >= 4 is 6.03 Å². The molecule has 27 heavy (non-hydrogen) atoms. The maximum absolute atomic E-state index is 13.2. The first-order valence-corrected chi connectivity index (χ1v) is 9.84. The summed E-state index contributed by atoms with van der Waals surface area (Å²) < 4.78 is 24.1. The van der Waals surface area contributed by atoms with E-state index < -0.39 is 0 Å². The molecule has 2 saturated heterocycles. The molecule has 2 amide bonds. The predicted octanol–water partition coefficient (Wildman–Crippen LogP) is 2.35. The molecule has 6 nitrogen and oxygen atoms in total. The van der Waals surface area contributed by atoms with Crippen molar-refractivity contribution in [3.8, 4) is 5.75 Å². The van der Waals surface area contributed by atoms with Gasteiger partial charge in [0.2, 0.25) is 0 Å². The molecule has 0 aliphatic carbocycles. The molecule has 0 bridgehead atoms. The number of nitrogens with one attached hydrogen (secondary N) is 1. The molecule has 2 aliphatic heterocycles. The normalized spacial score (nSPS) is 20.3. The summed E-state index contributed by atoms with van der Waals surface area (Å²) in [5, 5.41) is 2.97. The van der Waals surface area contributed by atoms with Crippen LogP contribution in [0.15, 0.2) is 24.3 Å². The van der Waals surface area contributed by atoms with Crippen LogP contribution in [0.1, 0.15) is 19.8 Å². The lowest BCUT2D eigenvalue weighted by molar-refractivity contribution is 0.0258. The Morgan fingerprint density at radius 2 is 2.04 bits per heavy atom. The van der Waals surface area contributed by atoms with E-state index >= 15 is 0 Å². The SMILES string of the molecule is C[C@H](COc1cccc(F)c1)NC(=O)N1CCC(CN2CCOCC2)CC1. The zero-order chi connectivity index (χ0) is 19.1. The monoisotopic (exact) mass is 379 g/mol. The summed E-state index contributed by atoms with van der Waals surface area (Å²) in [6.45, 7) is 8.58. The van der Waals surface area contributed by atoms with Crippen LogP contribution in [0.5, 0.6) is 5.75 Å². The van der Waals surface area contributed by atoms with Crippen LogP contribution >= 0.6 is 0 Å². The van der Waals surface area contributed by atoms with Crippen molar-refractivity contribution in [2.45, 2.75) is 25.8 Å². The van der Waals surface area contributed by atoms with E-state index in [4.69, 9.17) is 9.47 Å². The Kier molecular flexibility index (Phi) is 7.29. The number of rotatable bonds is 6. The molecule has 2 heterocycles. The Morgan fingerprint density at radius 1 is 1.30 bits per heavy atom. The van der Waals surface area contributed by atoms with Crippen LogP contribution in [0.25, 0.3) is 0 Å². The van der Waals surface area contributed by atoms with Crippen molar-refractivity contribution in [2.24, 2.45) is 5.92 Å². The van der Waals surface area contributed by atoms with Gasteiger partial charge in [0, 0.05) is 38.8 Å². The number of hydrogen-bond acceptors (Lipinski definition) is 4. The second-order valence-electron chi connectivity index (χ2n) is 7.46. The average molecular weight is 379 g/mol. The number of nitrogens with zero attached hydrogens (tertiary/aromatic N) is 2. The summed E-state index contributed by atoms with van der Waals surface area (Å²) in [5.74, 6) is 0.796. The minimum absolute atomic E-state index is 0.0461. The van der Waals surface area contributed by atoms with Crippen LogP contribution in [0.4, 0.5) is 9.18 Å². The fourth-order valence-corrected chi connectivity index (χ4v) is 3.59. The second-order valence-corrected chi connectivity index (χ2v) is 7.46. The van der Waals surface area contributed by atoms with Crippen molar-refractivity contribution in [3.63, 3.8) is 0 Å². The fraction of sp³-hybridized carbons (Fsp3) is 0.650. The van der Waals surface area contributed by atoms with Crippen LogP contribution in [-0.2, 0) is 4.74 Å². The highest BCUT2D eigenvalue weighted by atomic mass is 19.1. The van der Waals surface area contributed by atoms with Crippen LogP contribution in [0.2, 0.25) is 0 Å². The molecular weight excluding hydrogens is 349 g/mol. The number of urea groups is 1. The molecular formula is C20H30FN3O3. The lowest BCUT2D eigenvalue weighted by Gasteiger charge is -2.36. The van der Waals surface area contributed by atoms with Crippen molar-refractivity contribution in [1.29, 1.82) is 0 Å². The van der Waals surface area contributed by atoms with Gasteiger partial charge in [-0.05, 0) is 37.8 Å². The minimum Gasteiger partial charge on any atom is -0.491 e. The van der Waals surface area contributed by atoms with Gasteiger partial charge in [0.05, 0.1) is 19.3 Å². The number of carbonyl (C=O) groups is 1. The largest absolute Gasteiger partial charge is 0.491 e. The number of ether oxygens (including phenoxy) is 2. The lowest BCUT2D eigenvalue weighted by atomic mass is 9.96. The number of piperidine rings is 1. The molecule has 3 rings (SSSR count). The highest BCUT2D eigenvalue weighted by Crippen LogP contribution is 2.19. The summed E-state index contributed by atoms with van der Waals surface area (Å²) in [6.07, 6.45) is 2.08. The molecule has 1 aromatic rings. The zero-order valence-electron chi connectivity index (χ0n) is 16.0. The first-order chi connectivity index (χ1) is 13.1. The van der Waals surface area contributed by atoms with Gasteiger partial charge < -0.3 is 19.7 Å². The topological polar surface area (TPSA) is 54.0 Å². The molecule has 0 radical (unpaired) electrons. The van der Waals surface area contributed by atoms with Gasteiger partial charge in [-0.25, -0.2) is 9.18 Å². The van der Waals surface area contributed by atoms with Crippen LogP contribution < -0.4 is 10.1 Å². The Labute approximate surface area is 160 Å². The standard InChI is InChI=1S/C20H30FN3O3/c1-16(15-27-19-4-2-3-18(21)13-19)22-20(25)24-7-5-17(6-8-24)14-23-9-11-26-12-10-23/h2-4,13,16-17H,5-12,14-15H2,1H3,(H,22,25)/t16-/m1/s1. The van der Waals surface area contributed by atoms with E-state index in [0.717, 1.165) is 58.8 Å². The lowest BCUT2D eigenvalue weighted by Crippen LogP contribution is -2.49. The van der Waals surface area contributed by atoms with E-state index in [-0.39, 0.29) is 17.9 Å². The summed E-state index contributed by atoms with van der Waals surface area (Å²) in [6, 6.07) is 5.84. The maximum atomic E-state index is 13.2. The smallest absolute Gasteiger partial charge is 0.317 e. The first-order valence-electron chi connectivity index (χ1n) is 9.84. The van der Waals surface area contributed by atoms with Gasteiger partial charge in [0.15, 0.2) is 0 Å². The van der Waals surface area contributed by atoms with Gasteiger partial charge >= 0.3 is 6.03 Å². The molecule has 1 atom stereocenters. The van der Waals surface area contributed by atoms with Gasteiger partial charge in [-0.3, -0.25) is 4.90 Å². The number of benzene rings is 1. The number of hydrogen-bond donors (Lipinski definition) is 1. The van der Waals surface area contributed by atoms with E-state index in [1.807, 2.05) is 11.8 Å². The molecule has 0 unspecified atom stereocenters. The quantitative estimate of drug-likeness (QED) is 0.824. The Bertz CT molecular complexity index is 602. The van der Waals surface area contributed by atoms with E-state index in [9.17, 15) is 9.18 Å². The van der Waals surface area contributed by atoms with Gasteiger partial charge in [-0.1, -0.05) is 6.07 Å². The molecule has 0 spiro atoms. The molecule has 1 aromatic carbocycles. The highest BCUT2D eigenvalue weighted by Gasteiger charge is 2.25.